The molecule has 1 aromatic carbocycles. The molecule has 1 aliphatic rings. The van der Waals surface area contributed by atoms with E-state index in [1.807, 2.05) is 18.2 Å². The summed E-state index contributed by atoms with van der Waals surface area (Å²) >= 11 is 0. The van der Waals surface area contributed by atoms with E-state index in [0.717, 1.165) is 18.4 Å². The molecule has 3 atom stereocenters. The second-order valence-corrected chi connectivity index (χ2v) is 6.76. The highest BCUT2D eigenvalue weighted by molar-refractivity contribution is 5.91. The average Bonchev–Trinajstić information content (AvgIpc) is 2.47. The number of hydrogen-bond acceptors (Lipinski definition) is 3. The van der Waals surface area contributed by atoms with Crippen molar-refractivity contribution in [3.8, 4) is 6.07 Å². The van der Waals surface area contributed by atoms with Gasteiger partial charge in [-0.1, -0.05) is 45.4 Å². The van der Waals surface area contributed by atoms with Crippen LogP contribution in [0.15, 0.2) is 24.3 Å². The lowest BCUT2D eigenvalue weighted by Gasteiger charge is -2.36. The largest absolute Gasteiger partial charge is 0.458 e. The molecule has 0 radical (unpaired) electrons. The van der Waals surface area contributed by atoms with Gasteiger partial charge in [0.25, 0.3) is 0 Å². The minimum Gasteiger partial charge on any atom is -0.458 e. The minimum absolute atomic E-state index is 0.00797. The van der Waals surface area contributed by atoms with Crippen LogP contribution in [-0.4, -0.2) is 12.1 Å². The van der Waals surface area contributed by atoms with Crippen LogP contribution in [0.25, 0.3) is 0 Å². The molecule has 3 unspecified atom stereocenters. The first kappa shape index (κ1) is 16.5. The quantitative estimate of drug-likeness (QED) is 0.776. The fourth-order valence-corrected chi connectivity index (χ4v) is 3.41. The summed E-state index contributed by atoms with van der Waals surface area (Å²) in [5.74, 6) is 1.26. The lowest BCUT2D eigenvalue weighted by Crippen LogP contribution is -2.36. The Balaban J connectivity index is 2.14. The molecule has 1 aromatic rings. The minimum atomic E-state index is -0.282. The number of rotatable bonds is 4. The molecule has 0 spiro atoms. The van der Waals surface area contributed by atoms with Crippen LogP contribution in [0.4, 0.5) is 0 Å². The Kier molecular flexibility index (Phi) is 5.60. The van der Waals surface area contributed by atoms with Gasteiger partial charge in [-0.15, -0.1) is 0 Å². The SMILES string of the molecule is CC1CCC(C(C)C)C(OC(=O)c2ccccc2CC#N)C1. The van der Waals surface area contributed by atoms with Crippen molar-refractivity contribution in [2.24, 2.45) is 17.8 Å². The van der Waals surface area contributed by atoms with Crippen LogP contribution in [0.1, 0.15) is 56.0 Å². The average molecular weight is 299 g/mol. The van der Waals surface area contributed by atoms with Crippen LogP contribution < -0.4 is 0 Å². The molecule has 1 fully saturated rings. The lowest BCUT2D eigenvalue weighted by molar-refractivity contribution is -0.0174. The first-order valence-corrected chi connectivity index (χ1v) is 8.18. The summed E-state index contributed by atoms with van der Waals surface area (Å²) in [4.78, 5) is 12.6. The van der Waals surface area contributed by atoms with E-state index in [1.54, 1.807) is 6.07 Å². The van der Waals surface area contributed by atoms with E-state index in [0.29, 0.717) is 23.3 Å². The molecule has 22 heavy (non-hydrogen) atoms. The van der Waals surface area contributed by atoms with E-state index in [1.165, 1.54) is 6.42 Å². The Labute approximate surface area is 133 Å². The summed E-state index contributed by atoms with van der Waals surface area (Å²) in [6.45, 7) is 6.62. The molecule has 0 heterocycles. The topological polar surface area (TPSA) is 50.1 Å². The van der Waals surface area contributed by atoms with Gasteiger partial charge in [0, 0.05) is 0 Å². The van der Waals surface area contributed by atoms with Gasteiger partial charge in [0.1, 0.15) is 6.10 Å². The van der Waals surface area contributed by atoms with Crippen LogP contribution in [0.2, 0.25) is 0 Å². The van der Waals surface area contributed by atoms with Crippen molar-refractivity contribution in [1.29, 1.82) is 5.26 Å². The number of carbonyl (C=O) groups excluding carboxylic acids is 1. The third kappa shape index (κ3) is 3.88. The van der Waals surface area contributed by atoms with Crippen LogP contribution in [0, 0.1) is 29.1 Å². The monoisotopic (exact) mass is 299 g/mol. The Morgan fingerprint density at radius 3 is 2.77 bits per heavy atom. The second kappa shape index (κ2) is 7.45. The second-order valence-electron chi connectivity index (χ2n) is 6.76. The molecule has 0 amide bonds. The van der Waals surface area contributed by atoms with Gasteiger partial charge in [0.15, 0.2) is 0 Å². The number of carbonyl (C=O) groups is 1. The van der Waals surface area contributed by atoms with Crippen molar-refractivity contribution in [2.75, 3.05) is 0 Å². The van der Waals surface area contributed by atoms with Gasteiger partial charge in [-0.05, 0) is 42.2 Å². The van der Waals surface area contributed by atoms with E-state index >= 15 is 0 Å². The van der Waals surface area contributed by atoms with Crippen LogP contribution >= 0.6 is 0 Å². The van der Waals surface area contributed by atoms with Gasteiger partial charge in [-0.25, -0.2) is 4.79 Å². The highest BCUT2D eigenvalue weighted by Crippen LogP contribution is 2.35. The standard InChI is InChI=1S/C19H25NO2/c1-13(2)16-9-8-14(3)12-18(16)22-19(21)17-7-5-4-6-15(17)10-11-20/h4-7,13-14,16,18H,8-10,12H2,1-3H3. The molecule has 0 aromatic heterocycles. The van der Waals surface area contributed by atoms with E-state index < -0.39 is 0 Å². The van der Waals surface area contributed by atoms with Crippen molar-refractivity contribution in [3.63, 3.8) is 0 Å². The maximum Gasteiger partial charge on any atom is 0.338 e. The number of nitriles is 1. The van der Waals surface area contributed by atoms with Crippen LogP contribution in [-0.2, 0) is 11.2 Å². The fourth-order valence-electron chi connectivity index (χ4n) is 3.41. The summed E-state index contributed by atoms with van der Waals surface area (Å²) in [5, 5.41) is 8.89. The first-order valence-electron chi connectivity index (χ1n) is 8.18. The Morgan fingerprint density at radius 2 is 2.09 bits per heavy atom. The van der Waals surface area contributed by atoms with Gasteiger partial charge in [0.2, 0.25) is 0 Å². The van der Waals surface area contributed by atoms with Crippen molar-refractivity contribution in [3.05, 3.63) is 35.4 Å². The third-order valence-corrected chi connectivity index (χ3v) is 4.73. The highest BCUT2D eigenvalue weighted by Gasteiger charge is 2.33. The van der Waals surface area contributed by atoms with Crippen molar-refractivity contribution >= 4 is 5.97 Å². The molecule has 2 rings (SSSR count). The number of esters is 1. The predicted molar refractivity (Wildman–Crippen MR) is 86.3 cm³/mol. The first-order chi connectivity index (χ1) is 10.5. The molecule has 3 nitrogen and oxygen atoms in total. The number of ether oxygens (including phenoxy) is 1. The zero-order valence-corrected chi connectivity index (χ0v) is 13.7. The zero-order valence-electron chi connectivity index (χ0n) is 13.7. The van der Waals surface area contributed by atoms with E-state index in [9.17, 15) is 4.79 Å². The zero-order chi connectivity index (χ0) is 16.1. The normalized spacial score (nSPS) is 24.8. The van der Waals surface area contributed by atoms with Gasteiger partial charge in [0.05, 0.1) is 18.1 Å². The Morgan fingerprint density at radius 1 is 1.36 bits per heavy atom. The highest BCUT2D eigenvalue weighted by atomic mass is 16.5. The van der Waals surface area contributed by atoms with Gasteiger partial charge in [-0.3, -0.25) is 0 Å². The molecule has 1 saturated carbocycles. The van der Waals surface area contributed by atoms with E-state index in [-0.39, 0.29) is 18.5 Å². The molecule has 0 N–H and O–H groups in total. The molecule has 3 heteroatoms. The predicted octanol–water partition coefficient (Wildman–Crippen LogP) is 4.37. The van der Waals surface area contributed by atoms with Crippen LogP contribution in [0.5, 0.6) is 0 Å². The third-order valence-electron chi connectivity index (χ3n) is 4.73. The van der Waals surface area contributed by atoms with E-state index in [4.69, 9.17) is 10.00 Å². The fraction of sp³-hybridized carbons (Fsp3) is 0.579. The van der Waals surface area contributed by atoms with Crippen molar-refractivity contribution in [2.45, 2.75) is 52.6 Å². The molecular weight excluding hydrogens is 274 g/mol. The Bertz CT molecular complexity index is 559. The van der Waals surface area contributed by atoms with Gasteiger partial charge >= 0.3 is 5.97 Å². The molecule has 0 bridgehead atoms. The number of nitrogens with zero attached hydrogens (tertiary/aromatic N) is 1. The summed E-state index contributed by atoms with van der Waals surface area (Å²) in [5.41, 5.74) is 1.28. The maximum absolute atomic E-state index is 12.6. The summed E-state index contributed by atoms with van der Waals surface area (Å²) in [6.07, 6.45) is 3.50. The lowest BCUT2D eigenvalue weighted by atomic mass is 9.75. The van der Waals surface area contributed by atoms with E-state index in [2.05, 4.69) is 26.8 Å². The molecule has 118 valence electrons. The summed E-state index contributed by atoms with van der Waals surface area (Å²) in [6, 6.07) is 9.36. The number of benzene rings is 1. The van der Waals surface area contributed by atoms with Crippen LogP contribution in [0.3, 0.4) is 0 Å². The molecule has 1 aliphatic carbocycles. The molecular formula is C19H25NO2. The maximum atomic E-state index is 12.6. The number of hydrogen-bond donors (Lipinski definition) is 0. The van der Waals surface area contributed by atoms with Crippen molar-refractivity contribution in [1.82, 2.24) is 0 Å². The Hall–Kier alpha value is -1.82. The summed E-state index contributed by atoms with van der Waals surface area (Å²) in [7, 11) is 0. The van der Waals surface area contributed by atoms with Gasteiger partial charge < -0.3 is 4.74 Å². The molecule has 0 saturated heterocycles. The molecule has 0 aliphatic heterocycles. The summed E-state index contributed by atoms with van der Waals surface area (Å²) < 4.78 is 5.86. The van der Waals surface area contributed by atoms with Gasteiger partial charge in [-0.2, -0.15) is 5.26 Å². The smallest absolute Gasteiger partial charge is 0.338 e. The van der Waals surface area contributed by atoms with Crippen molar-refractivity contribution < 1.29 is 9.53 Å².